The van der Waals surface area contributed by atoms with Gasteiger partial charge < -0.3 is 10.2 Å². The minimum Gasteiger partial charge on any atom is -0.340 e. The molecule has 0 bridgehead atoms. The molecule has 1 spiro atoms. The molecule has 32 heavy (non-hydrogen) atoms. The van der Waals surface area contributed by atoms with Gasteiger partial charge in [-0.15, -0.1) is 0 Å². The smallest absolute Gasteiger partial charge is 0.325 e. The summed E-state index contributed by atoms with van der Waals surface area (Å²) in [5, 5.41) is 3.05. The average Bonchev–Trinajstić information content (AvgIpc) is 3.06. The Kier molecular flexibility index (Phi) is 6.84. The maximum Gasteiger partial charge on any atom is 0.325 e. The summed E-state index contributed by atoms with van der Waals surface area (Å²) in [7, 11) is 0. The molecule has 1 aromatic carbocycles. The van der Waals surface area contributed by atoms with Crippen LogP contribution in [0.3, 0.4) is 0 Å². The third-order valence-corrected chi connectivity index (χ3v) is 7.56. The number of rotatable bonds is 6. The predicted molar refractivity (Wildman–Crippen MR) is 123 cm³/mol. The first-order valence-electron chi connectivity index (χ1n) is 12.2. The van der Waals surface area contributed by atoms with E-state index in [9.17, 15) is 14.4 Å². The number of likely N-dealkylation sites (tertiary alicyclic amines) is 2. The van der Waals surface area contributed by atoms with E-state index in [0.717, 1.165) is 51.9 Å². The van der Waals surface area contributed by atoms with Gasteiger partial charge in [0.15, 0.2) is 0 Å². The number of urea groups is 1. The van der Waals surface area contributed by atoms with Gasteiger partial charge in [0.25, 0.3) is 5.91 Å². The minimum atomic E-state index is -0.786. The van der Waals surface area contributed by atoms with Crippen LogP contribution in [0.1, 0.15) is 57.9 Å². The number of carbonyl (C=O) groups is 3. The summed E-state index contributed by atoms with van der Waals surface area (Å²) in [5.74, 6) is 0.0940. The highest BCUT2D eigenvalue weighted by atomic mass is 16.2. The monoisotopic (exact) mass is 440 g/mol. The van der Waals surface area contributed by atoms with E-state index in [-0.39, 0.29) is 29.8 Å². The lowest BCUT2D eigenvalue weighted by molar-refractivity contribution is -0.141. The first-order valence-corrected chi connectivity index (χ1v) is 12.2. The van der Waals surface area contributed by atoms with Crippen LogP contribution in [0, 0.1) is 5.92 Å². The number of carbonyl (C=O) groups excluding carboxylic acids is 3. The van der Waals surface area contributed by atoms with Crippen LogP contribution in [0.2, 0.25) is 0 Å². The summed E-state index contributed by atoms with van der Waals surface area (Å²) in [6.07, 6.45) is 4.49. The van der Waals surface area contributed by atoms with Crippen LogP contribution in [0.25, 0.3) is 0 Å². The van der Waals surface area contributed by atoms with Crippen LogP contribution >= 0.6 is 0 Å². The molecule has 0 aliphatic carbocycles. The second kappa shape index (κ2) is 9.61. The maximum atomic E-state index is 13.5. The zero-order valence-electron chi connectivity index (χ0n) is 19.4. The molecule has 0 radical (unpaired) electrons. The van der Waals surface area contributed by atoms with Crippen LogP contribution in [-0.4, -0.2) is 70.3 Å². The number of nitrogens with one attached hydrogen (secondary N) is 1. The number of imide groups is 1. The van der Waals surface area contributed by atoms with E-state index in [4.69, 9.17) is 0 Å². The van der Waals surface area contributed by atoms with Gasteiger partial charge in [0.05, 0.1) is 6.04 Å². The Bertz CT molecular complexity index is 831. The minimum absolute atomic E-state index is 0.0251. The topological polar surface area (TPSA) is 73.0 Å². The van der Waals surface area contributed by atoms with Crippen molar-refractivity contribution in [1.29, 1.82) is 0 Å². The lowest BCUT2D eigenvalue weighted by atomic mass is 9.86. The quantitative estimate of drug-likeness (QED) is 0.691. The van der Waals surface area contributed by atoms with E-state index < -0.39 is 5.54 Å². The Labute approximate surface area is 191 Å². The van der Waals surface area contributed by atoms with Crippen molar-refractivity contribution in [2.24, 2.45) is 5.92 Å². The fourth-order valence-electron chi connectivity index (χ4n) is 5.51. The molecule has 1 N–H and O–H groups in total. The lowest BCUT2D eigenvalue weighted by Gasteiger charge is -2.39. The third-order valence-electron chi connectivity index (χ3n) is 7.56. The molecular formula is C25H36N4O3. The van der Waals surface area contributed by atoms with Crippen molar-refractivity contribution in [3.8, 4) is 0 Å². The molecule has 3 saturated heterocycles. The fraction of sp³-hybridized carbons (Fsp3) is 0.640. The summed E-state index contributed by atoms with van der Waals surface area (Å²) in [4.78, 5) is 45.0. The Hall–Kier alpha value is -2.41. The van der Waals surface area contributed by atoms with Gasteiger partial charge in [-0.3, -0.25) is 19.4 Å². The molecule has 1 aromatic rings. The zero-order valence-corrected chi connectivity index (χ0v) is 19.4. The SMILES string of the molecule is CCC(CC)C(=O)N1CCCC(N2C(=O)NC3(CCN(Cc4ccccc4)CC3)C2=O)C1. The molecule has 1 atom stereocenters. The Morgan fingerprint density at radius 2 is 1.78 bits per heavy atom. The van der Waals surface area contributed by atoms with Gasteiger partial charge in [0.1, 0.15) is 5.54 Å². The van der Waals surface area contributed by atoms with E-state index >= 15 is 0 Å². The van der Waals surface area contributed by atoms with Crippen molar-refractivity contribution in [1.82, 2.24) is 20.0 Å². The van der Waals surface area contributed by atoms with E-state index in [1.165, 1.54) is 10.5 Å². The highest BCUT2D eigenvalue weighted by Crippen LogP contribution is 2.33. The van der Waals surface area contributed by atoms with Crippen molar-refractivity contribution in [2.45, 2.75) is 70.5 Å². The maximum absolute atomic E-state index is 13.5. The van der Waals surface area contributed by atoms with Gasteiger partial charge >= 0.3 is 6.03 Å². The molecule has 7 nitrogen and oxygen atoms in total. The van der Waals surface area contributed by atoms with E-state index in [1.807, 2.05) is 36.9 Å². The van der Waals surface area contributed by atoms with Gasteiger partial charge in [-0.25, -0.2) is 4.79 Å². The van der Waals surface area contributed by atoms with Gasteiger partial charge in [-0.05, 0) is 44.1 Å². The van der Waals surface area contributed by atoms with Gasteiger partial charge in [0.2, 0.25) is 5.91 Å². The highest BCUT2D eigenvalue weighted by Gasteiger charge is 2.54. The van der Waals surface area contributed by atoms with Crippen molar-refractivity contribution in [3.63, 3.8) is 0 Å². The van der Waals surface area contributed by atoms with Crippen LogP contribution in [0.15, 0.2) is 30.3 Å². The second-order valence-corrected chi connectivity index (χ2v) is 9.54. The number of amides is 4. The van der Waals surface area contributed by atoms with E-state index in [2.05, 4.69) is 22.3 Å². The predicted octanol–water partition coefficient (Wildman–Crippen LogP) is 3.00. The lowest BCUT2D eigenvalue weighted by Crippen LogP contribution is -2.56. The summed E-state index contributed by atoms with van der Waals surface area (Å²) in [6, 6.07) is 9.82. The largest absolute Gasteiger partial charge is 0.340 e. The molecule has 174 valence electrons. The number of benzene rings is 1. The number of hydrogen-bond donors (Lipinski definition) is 1. The van der Waals surface area contributed by atoms with Crippen LogP contribution in [0.4, 0.5) is 4.79 Å². The Morgan fingerprint density at radius 3 is 2.44 bits per heavy atom. The zero-order chi connectivity index (χ0) is 22.7. The van der Waals surface area contributed by atoms with Crippen LogP contribution in [0.5, 0.6) is 0 Å². The van der Waals surface area contributed by atoms with Gasteiger partial charge in [-0.2, -0.15) is 0 Å². The molecule has 4 amide bonds. The normalized spacial score (nSPS) is 23.8. The molecule has 3 aliphatic rings. The molecule has 0 saturated carbocycles. The van der Waals surface area contributed by atoms with Gasteiger partial charge in [-0.1, -0.05) is 44.2 Å². The molecular weight excluding hydrogens is 404 g/mol. The molecule has 1 unspecified atom stereocenters. The van der Waals surface area contributed by atoms with E-state index in [0.29, 0.717) is 19.4 Å². The van der Waals surface area contributed by atoms with Crippen molar-refractivity contribution < 1.29 is 14.4 Å². The molecule has 4 rings (SSSR count). The summed E-state index contributed by atoms with van der Waals surface area (Å²) in [6.45, 7) is 7.67. The summed E-state index contributed by atoms with van der Waals surface area (Å²) >= 11 is 0. The van der Waals surface area contributed by atoms with E-state index in [1.54, 1.807) is 0 Å². The Balaban J connectivity index is 1.39. The van der Waals surface area contributed by atoms with Crippen molar-refractivity contribution in [2.75, 3.05) is 26.2 Å². The average molecular weight is 441 g/mol. The number of piperidine rings is 2. The number of hydrogen-bond acceptors (Lipinski definition) is 4. The summed E-state index contributed by atoms with van der Waals surface area (Å²) < 4.78 is 0. The highest BCUT2D eigenvalue weighted by molar-refractivity contribution is 6.07. The molecule has 3 heterocycles. The van der Waals surface area contributed by atoms with Crippen molar-refractivity contribution >= 4 is 17.8 Å². The standard InChI is InChI=1S/C25H36N4O3/c1-3-20(4-2)22(30)28-14-8-11-21(18-28)29-23(31)25(26-24(29)32)12-15-27(16-13-25)17-19-9-6-5-7-10-19/h5-7,9-10,20-21H,3-4,8,11-18H2,1-2H3,(H,26,32). The first-order chi connectivity index (χ1) is 15.5. The number of nitrogens with zero attached hydrogens (tertiary/aromatic N) is 3. The second-order valence-electron chi connectivity index (χ2n) is 9.54. The molecule has 7 heteroatoms. The molecule has 3 aliphatic heterocycles. The molecule has 3 fully saturated rings. The van der Waals surface area contributed by atoms with Crippen LogP contribution < -0.4 is 5.32 Å². The molecule has 0 aromatic heterocycles. The summed E-state index contributed by atoms with van der Waals surface area (Å²) in [5.41, 5.74) is 0.475. The van der Waals surface area contributed by atoms with Gasteiger partial charge in [0, 0.05) is 38.6 Å². The van der Waals surface area contributed by atoms with Crippen LogP contribution in [-0.2, 0) is 16.1 Å². The fourth-order valence-corrected chi connectivity index (χ4v) is 5.51. The van der Waals surface area contributed by atoms with Crippen molar-refractivity contribution in [3.05, 3.63) is 35.9 Å². The third kappa shape index (κ3) is 4.40. The first kappa shape index (κ1) is 22.8. The Morgan fingerprint density at radius 1 is 1.09 bits per heavy atom.